The Labute approximate surface area is 191 Å². The number of nitrogens with one attached hydrogen (secondary N) is 1. The first-order valence-corrected chi connectivity index (χ1v) is 12.4. The van der Waals surface area contributed by atoms with Crippen molar-refractivity contribution >= 4 is 39.2 Å². The van der Waals surface area contributed by atoms with E-state index in [0.717, 1.165) is 16.0 Å². The molecule has 0 spiro atoms. The topological polar surface area (TPSA) is 89.5 Å². The van der Waals surface area contributed by atoms with Gasteiger partial charge in [-0.1, -0.05) is 17.8 Å². The minimum absolute atomic E-state index is 0.103. The third-order valence-electron chi connectivity index (χ3n) is 4.70. The number of esters is 1. The average molecular weight is 470 g/mol. The van der Waals surface area contributed by atoms with Gasteiger partial charge in [0.05, 0.1) is 10.5 Å². The molecule has 3 aromatic rings. The minimum Gasteiger partial charge on any atom is -0.452 e. The molecule has 0 atom stereocenters. The molecule has 32 heavy (non-hydrogen) atoms. The number of sulfone groups is 1. The molecule has 0 saturated heterocycles. The molecular weight excluding hydrogens is 446 g/mol. The zero-order valence-corrected chi connectivity index (χ0v) is 19.5. The Hall–Kier alpha value is -3.10. The molecule has 6 nitrogen and oxygen atoms in total. The molecule has 3 aromatic carbocycles. The molecule has 0 saturated carbocycles. The van der Waals surface area contributed by atoms with E-state index in [1.807, 2.05) is 12.1 Å². The summed E-state index contributed by atoms with van der Waals surface area (Å²) in [6.45, 7) is 3.70. The summed E-state index contributed by atoms with van der Waals surface area (Å²) < 4.78 is 27.9. The van der Waals surface area contributed by atoms with Gasteiger partial charge in [-0.3, -0.25) is 4.79 Å². The summed E-state index contributed by atoms with van der Waals surface area (Å²) in [6, 6.07) is 19.0. The lowest BCUT2D eigenvalue weighted by atomic mass is 10.1. The highest BCUT2D eigenvalue weighted by Gasteiger charge is 2.13. The van der Waals surface area contributed by atoms with Crippen molar-refractivity contribution in [3.8, 4) is 0 Å². The standard InChI is InChI=1S/C24H23NO5S2/c1-16-4-9-21(14-17(16)2)31-20-10-7-19(8-11-20)25-23(26)15-30-24(27)18-5-12-22(13-6-18)32(3,28)29/h4-14H,15H2,1-3H3,(H,25,26). The van der Waals surface area contributed by atoms with Crippen LogP contribution in [0.25, 0.3) is 0 Å². The number of hydrogen-bond acceptors (Lipinski definition) is 6. The number of rotatable bonds is 7. The lowest BCUT2D eigenvalue weighted by Gasteiger charge is -2.08. The van der Waals surface area contributed by atoms with Crippen molar-refractivity contribution in [2.24, 2.45) is 0 Å². The molecule has 166 valence electrons. The monoisotopic (exact) mass is 469 g/mol. The highest BCUT2D eigenvalue weighted by molar-refractivity contribution is 7.99. The van der Waals surface area contributed by atoms with Crippen LogP contribution in [0.4, 0.5) is 5.69 Å². The Bertz CT molecular complexity index is 1230. The SMILES string of the molecule is Cc1ccc(Sc2ccc(NC(=O)COC(=O)c3ccc(S(C)(=O)=O)cc3)cc2)cc1C. The molecule has 1 N–H and O–H groups in total. The van der Waals surface area contributed by atoms with Gasteiger partial charge in [-0.15, -0.1) is 0 Å². The molecule has 0 aromatic heterocycles. The quantitative estimate of drug-likeness (QED) is 0.507. The zero-order valence-electron chi connectivity index (χ0n) is 17.9. The first kappa shape index (κ1) is 23.6. The fourth-order valence-electron chi connectivity index (χ4n) is 2.77. The molecule has 1 amide bonds. The van der Waals surface area contributed by atoms with Crippen LogP contribution in [0.2, 0.25) is 0 Å². The van der Waals surface area contributed by atoms with Crippen LogP contribution in [0.1, 0.15) is 21.5 Å². The highest BCUT2D eigenvalue weighted by Crippen LogP contribution is 2.29. The van der Waals surface area contributed by atoms with Crippen molar-refractivity contribution in [3.63, 3.8) is 0 Å². The first-order valence-electron chi connectivity index (χ1n) is 9.74. The Morgan fingerprint density at radius 3 is 2.09 bits per heavy atom. The summed E-state index contributed by atoms with van der Waals surface area (Å²) in [5.41, 5.74) is 3.24. The first-order chi connectivity index (χ1) is 15.1. The largest absolute Gasteiger partial charge is 0.452 e. The van der Waals surface area contributed by atoms with Gasteiger partial charge in [0.2, 0.25) is 0 Å². The predicted molar refractivity (Wildman–Crippen MR) is 125 cm³/mol. The van der Waals surface area contributed by atoms with Crippen molar-refractivity contribution in [2.45, 2.75) is 28.5 Å². The number of carbonyl (C=O) groups excluding carboxylic acids is 2. The number of carbonyl (C=O) groups is 2. The maximum Gasteiger partial charge on any atom is 0.338 e. The Kier molecular flexibility index (Phi) is 7.37. The van der Waals surface area contributed by atoms with Crippen LogP contribution in [0.3, 0.4) is 0 Å². The molecule has 8 heteroatoms. The van der Waals surface area contributed by atoms with E-state index in [2.05, 4.69) is 37.4 Å². The summed E-state index contributed by atoms with van der Waals surface area (Å²) in [6.07, 6.45) is 1.08. The van der Waals surface area contributed by atoms with Gasteiger partial charge in [0.15, 0.2) is 16.4 Å². The van der Waals surface area contributed by atoms with Crippen LogP contribution < -0.4 is 5.32 Å². The summed E-state index contributed by atoms with van der Waals surface area (Å²) in [4.78, 5) is 26.5. The number of amides is 1. The third kappa shape index (κ3) is 6.45. The van der Waals surface area contributed by atoms with Crippen LogP contribution in [0.15, 0.2) is 81.4 Å². The molecule has 0 unspecified atom stereocenters. The molecule has 0 heterocycles. The molecule has 0 bridgehead atoms. The lowest BCUT2D eigenvalue weighted by Crippen LogP contribution is -2.20. The van der Waals surface area contributed by atoms with Gasteiger partial charge in [-0.05, 0) is 85.6 Å². The summed E-state index contributed by atoms with van der Waals surface area (Å²) in [7, 11) is -3.35. The highest BCUT2D eigenvalue weighted by atomic mass is 32.2. The number of hydrogen-bond donors (Lipinski definition) is 1. The number of anilines is 1. The molecule has 0 fully saturated rings. The van der Waals surface area contributed by atoms with Crippen LogP contribution in [-0.4, -0.2) is 33.2 Å². The third-order valence-corrected chi connectivity index (χ3v) is 6.83. The summed E-state index contributed by atoms with van der Waals surface area (Å²) >= 11 is 1.63. The Morgan fingerprint density at radius 1 is 0.875 bits per heavy atom. The predicted octanol–water partition coefficient (Wildman–Crippen LogP) is 4.65. The molecule has 3 rings (SSSR count). The minimum atomic E-state index is -3.35. The van der Waals surface area contributed by atoms with Crippen molar-refractivity contribution < 1.29 is 22.7 Å². The zero-order chi connectivity index (χ0) is 23.3. The molecule has 0 aliphatic heterocycles. The van der Waals surface area contributed by atoms with Crippen LogP contribution >= 0.6 is 11.8 Å². The van der Waals surface area contributed by atoms with Crippen LogP contribution in [-0.2, 0) is 19.4 Å². The van der Waals surface area contributed by atoms with E-state index >= 15 is 0 Å². The molecule has 0 radical (unpaired) electrons. The normalized spacial score (nSPS) is 11.1. The van der Waals surface area contributed by atoms with Gasteiger partial charge in [0, 0.05) is 21.7 Å². The second kappa shape index (κ2) is 10.0. The van der Waals surface area contributed by atoms with Gasteiger partial charge in [0.25, 0.3) is 5.91 Å². The van der Waals surface area contributed by atoms with E-state index in [9.17, 15) is 18.0 Å². The fourth-order valence-corrected chi connectivity index (χ4v) is 4.32. The Morgan fingerprint density at radius 2 is 1.50 bits per heavy atom. The van der Waals surface area contributed by atoms with E-state index in [0.29, 0.717) is 5.69 Å². The van der Waals surface area contributed by atoms with Gasteiger partial charge in [-0.2, -0.15) is 0 Å². The van der Waals surface area contributed by atoms with E-state index in [-0.39, 0.29) is 10.5 Å². The summed E-state index contributed by atoms with van der Waals surface area (Å²) in [5.74, 6) is -1.18. The van der Waals surface area contributed by atoms with Gasteiger partial charge < -0.3 is 10.1 Å². The van der Waals surface area contributed by atoms with E-state index in [1.54, 1.807) is 23.9 Å². The summed E-state index contributed by atoms with van der Waals surface area (Å²) in [5, 5.41) is 2.68. The maximum atomic E-state index is 12.1. The lowest BCUT2D eigenvalue weighted by molar-refractivity contribution is -0.119. The van der Waals surface area contributed by atoms with Gasteiger partial charge in [0.1, 0.15) is 0 Å². The molecule has 0 aliphatic carbocycles. The van der Waals surface area contributed by atoms with E-state index < -0.39 is 28.3 Å². The maximum absolute atomic E-state index is 12.1. The van der Waals surface area contributed by atoms with Crippen molar-refractivity contribution in [1.29, 1.82) is 0 Å². The van der Waals surface area contributed by atoms with E-state index in [1.165, 1.54) is 35.4 Å². The van der Waals surface area contributed by atoms with Crippen molar-refractivity contribution in [3.05, 3.63) is 83.4 Å². The number of ether oxygens (including phenoxy) is 1. The smallest absolute Gasteiger partial charge is 0.338 e. The second-order valence-corrected chi connectivity index (χ2v) is 10.5. The molecular formula is C24H23NO5S2. The fraction of sp³-hybridized carbons (Fsp3) is 0.167. The van der Waals surface area contributed by atoms with Crippen molar-refractivity contribution in [1.82, 2.24) is 0 Å². The number of aryl methyl sites for hydroxylation is 2. The van der Waals surface area contributed by atoms with E-state index in [4.69, 9.17) is 4.74 Å². The van der Waals surface area contributed by atoms with Crippen LogP contribution in [0.5, 0.6) is 0 Å². The second-order valence-electron chi connectivity index (χ2n) is 7.29. The van der Waals surface area contributed by atoms with Gasteiger partial charge in [-0.25, -0.2) is 13.2 Å². The van der Waals surface area contributed by atoms with Crippen LogP contribution in [0, 0.1) is 13.8 Å². The van der Waals surface area contributed by atoms with Gasteiger partial charge >= 0.3 is 5.97 Å². The molecule has 0 aliphatic rings. The number of benzene rings is 3. The van der Waals surface area contributed by atoms with Crippen molar-refractivity contribution in [2.75, 3.05) is 18.2 Å². The average Bonchev–Trinajstić information content (AvgIpc) is 2.75. The Balaban J connectivity index is 1.51.